The fraction of sp³-hybridized carbons (Fsp3) is 0.188. The van der Waals surface area contributed by atoms with Crippen molar-refractivity contribution >= 4 is 23.4 Å². The van der Waals surface area contributed by atoms with Crippen LogP contribution in [0.15, 0.2) is 46.9 Å². The van der Waals surface area contributed by atoms with Gasteiger partial charge in [0, 0.05) is 12.2 Å². The van der Waals surface area contributed by atoms with Crippen molar-refractivity contribution < 1.29 is 23.7 Å². The Bertz CT molecular complexity index is 809. The predicted octanol–water partition coefficient (Wildman–Crippen LogP) is 2.29. The molecule has 0 aliphatic heterocycles. The first-order valence-electron chi connectivity index (χ1n) is 7.16. The number of hydrogen-bond acceptors (Lipinski definition) is 7. The molecule has 9 nitrogen and oxygen atoms in total. The van der Waals surface area contributed by atoms with Crippen LogP contribution in [-0.2, 0) is 9.53 Å². The van der Waals surface area contributed by atoms with E-state index in [1.54, 1.807) is 30.3 Å². The van der Waals surface area contributed by atoms with Gasteiger partial charge in [0.2, 0.25) is 5.76 Å². The molecule has 0 saturated heterocycles. The molecule has 0 aliphatic carbocycles. The molecule has 0 N–H and O–H groups in total. The summed E-state index contributed by atoms with van der Waals surface area (Å²) in [5.74, 6) is -2.49. The molecular weight excluding hydrogens is 330 g/mol. The zero-order valence-electron chi connectivity index (χ0n) is 13.0. The summed E-state index contributed by atoms with van der Waals surface area (Å²) in [6, 6.07) is 12.7. The van der Waals surface area contributed by atoms with Crippen LogP contribution in [0.5, 0.6) is 0 Å². The Morgan fingerprint density at radius 1 is 1.24 bits per heavy atom. The maximum Gasteiger partial charge on any atom is 0.433 e. The largest absolute Gasteiger partial charge is 0.450 e. The van der Waals surface area contributed by atoms with E-state index in [2.05, 4.69) is 0 Å². The quantitative estimate of drug-likeness (QED) is 0.428. The summed E-state index contributed by atoms with van der Waals surface area (Å²) in [6.07, 6.45) is 0.110. The van der Waals surface area contributed by atoms with Crippen LogP contribution in [0.1, 0.15) is 17.0 Å². The van der Waals surface area contributed by atoms with Gasteiger partial charge in [-0.25, -0.2) is 4.79 Å². The minimum absolute atomic E-state index is 0.110. The molecule has 25 heavy (non-hydrogen) atoms. The molecule has 1 amide bonds. The predicted molar refractivity (Wildman–Crippen MR) is 84.7 cm³/mol. The number of carbonyl (C=O) groups is 2. The number of ether oxygens (including phenoxy) is 1. The number of amides is 1. The van der Waals surface area contributed by atoms with Crippen molar-refractivity contribution in [2.75, 3.05) is 18.1 Å². The van der Waals surface area contributed by atoms with E-state index in [1.807, 2.05) is 6.07 Å². The van der Waals surface area contributed by atoms with Crippen LogP contribution in [0.3, 0.4) is 0 Å². The Balaban J connectivity index is 2.01. The lowest BCUT2D eigenvalue weighted by molar-refractivity contribution is -0.402. The van der Waals surface area contributed by atoms with E-state index in [4.69, 9.17) is 14.4 Å². The second-order valence-corrected chi connectivity index (χ2v) is 4.76. The van der Waals surface area contributed by atoms with Crippen LogP contribution in [0, 0.1) is 21.4 Å². The van der Waals surface area contributed by atoms with E-state index in [-0.39, 0.29) is 18.7 Å². The van der Waals surface area contributed by atoms with Gasteiger partial charge in [0.1, 0.15) is 4.92 Å². The molecule has 1 heterocycles. The summed E-state index contributed by atoms with van der Waals surface area (Å²) in [5, 5.41) is 19.2. The number of benzene rings is 1. The average molecular weight is 343 g/mol. The molecule has 0 saturated carbocycles. The van der Waals surface area contributed by atoms with E-state index in [0.717, 1.165) is 12.1 Å². The van der Waals surface area contributed by atoms with Crippen molar-refractivity contribution in [3.05, 3.63) is 58.3 Å². The molecule has 0 fully saturated rings. The van der Waals surface area contributed by atoms with Gasteiger partial charge in [-0.05, 0) is 18.2 Å². The fourth-order valence-electron chi connectivity index (χ4n) is 1.98. The number of nitrogens with zero attached hydrogens (tertiary/aromatic N) is 3. The maximum absolute atomic E-state index is 12.3. The Morgan fingerprint density at radius 3 is 2.56 bits per heavy atom. The van der Waals surface area contributed by atoms with E-state index in [9.17, 15) is 19.7 Å². The van der Waals surface area contributed by atoms with Crippen molar-refractivity contribution in [1.29, 1.82) is 5.26 Å². The van der Waals surface area contributed by atoms with Crippen LogP contribution in [0.25, 0.3) is 0 Å². The van der Waals surface area contributed by atoms with E-state index in [0.29, 0.717) is 5.69 Å². The first-order chi connectivity index (χ1) is 12.0. The van der Waals surface area contributed by atoms with Crippen LogP contribution >= 0.6 is 0 Å². The molecule has 0 radical (unpaired) electrons. The molecule has 0 aliphatic rings. The third kappa shape index (κ3) is 4.65. The highest BCUT2D eigenvalue weighted by molar-refractivity contribution is 5.96. The summed E-state index contributed by atoms with van der Waals surface area (Å²) < 4.78 is 9.54. The summed E-state index contributed by atoms with van der Waals surface area (Å²) in [7, 11) is 0. The first kappa shape index (κ1) is 17.7. The summed E-state index contributed by atoms with van der Waals surface area (Å²) in [4.78, 5) is 35.1. The molecule has 0 bridgehead atoms. The Labute approximate surface area is 142 Å². The standard InChI is InChI=1S/C16H13N3O6/c17-9-4-10-18(12-5-2-1-3-6-12)14(20)11-24-16(21)13-7-8-15(25-13)19(22)23/h1-3,5-8H,4,10-11H2. The number of rotatable bonds is 7. The van der Waals surface area contributed by atoms with E-state index in [1.165, 1.54) is 4.90 Å². The topological polar surface area (TPSA) is 127 Å². The number of nitro groups is 1. The highest BCUT2D eigenvalue weighted by Crippen LogP contribution is 2.17. The number of anilines is 1. The fourth-order valence-corrected chi connectivity index (χ4v) is 1.98. The maximum atomic E-state index is 12.3. The summed E-state index contributed by atoms with van der Waals surface area (Å²) in [6.45, 7) is -0.448. The average Bonchev–Trinajstić information content (AvgIpc) is 3.11. The zero-order chi connectivity index (χ0) is 18.2. The Kier molecular flexibility index (Phi) is 5.84. The number of nitriles is 1. The lowest BCUT2D eigenvalue weighted by Crippen LogP contribution is -2.35. The van der Waals surface area contributed by atoms with Gasteiger partial charge in [0.05, 0.1) is 18.6 Å². The number of furan rings is 1. The first-order valence-corrected chi connectivity index (χ1v) is 7.16. The Morgan fingerprint density at radius 2 is 1.96 bits per heavy atom. The van der Waals surface area contributed by atoms with Crippen LogP contribution in [0.2, 0.25) is 0 Å². The lowest BCUT2D eigenvalue weighted by Gasteiger charge is -2.21. The highest BCUT2D eigenvalue weighted by atomic mass is 16.7. The van der Waals surface area contributed by atoms with E-state index < -0.39 is 29.3 Å². The second-order valence-electron chi connectivity index (χ2n) is 4.76. The molecular formula is C16H13N3O6. The minimum Gasteiger partial charge on any atom is -0.450 e. The van der Waals surface area contributed by atoms with E-state index >= 15 is 0 Å². The summed E-state index contributed by atoms with van der Waals surface area (Å²) >= 11 is 0. The van der Waals surface area contributed by atoms with Gasteiger partial charge in [-0.1, -0.05) is 18.2 Å². The number of carbonyl (C=O) groups excluding carboxylic acids is 2. The molecule has 2 aromatic rings. The van der Waals surface area contributed by atoms with Gasteiger partial charge >= 0.3 is 11.9 Å². The molecule has 2 rings (SSSR count). The van der Waals surface area contributed by atoms with Crippen molar-refractivity contribution in [1.82, 2.24) is 0 Å². The molecule has 1 aromatic carbocycles. The second kappa shape index (κ2) is 8.26. The van der Waals surface area contributed by atoms with Gasteiger partial charge in [-0.2, -0.15) is 5.26 Å². The Hall–Kier alpha value is -3.67. The van der Waals surface area contributed by atoms with Crippen molar-refractivity contribution in [3.8, 4) is 6.07 Å². The zero-order valence-corrected chi connectivity index (χ0v) is 13.0. The van der Waals surface area contributed by atoms with Crippen molar-refractivity contribution in [2.24, 2.45) is 0 Å². The normalized spacial score (nSPS) is 9.88. The van der Waals surface area contributed by atoms with Gasteiger partial charge in [0.25, 0.3) is 5.91 Å². The molecule has 9 heteroatoms. The SMILES string of the molecule is N#CCCN(C(=O)COC(=O)c1ccc([N+](=O)[O-])o1)c1ccccc1. The molecule has 0 spiro atoms. The third-order valence-electron chi connectivity index (χ3n) is 3.12. The van der Waals surface area contributed by atoms with Crippen molar-refractivity contribution in [3.63, 3.8) is 0 Å². The van der Waals surface area contributed by atoms with Crippen LogP contribution < -0.4 is 4.90 Å². The third-order valence-corrected chi connectivity index (χ3v) is 3.12. The van der Waals surface area contributed by atoms with Crippen molar-refractivity contribution in [2.45, 2.75) is 6.42 Å². The van der Waals surface area contributed by atoms with Gasteiger partial charge in [-0.15, -0.1) is 0 Å². The van der Waals surface area contributed by atoms with Crippen LogP contribution in [0.4, 0.5) is 11.6 Å². The van der Waals surface area contributed by atoms with Gasteiger partial charge in [0.15, 0.2) is 6.61 Å². The summed E-state index contributed by atoms with van der Waals surface area (Å²) in [5.41, 5.74) is 0.562. The lowest BCUT2D eigenvalue weighted by atomic mass is 10.2. The number of para-hydroxylation sites is 1. The molecule has 0 atom stereocenters. The smallest absolute Gasteiger partial charge is 0.433 e. The highest BCUT2D eigenvalue weighted by Gasteiger charge is 2.21. The number of esters is 1. The van der Waals surface area contributed by atoms with Crippen LogP contribution in [-0.4, -0.2) is 30.0 Å². The van der Waals surface area contributed by atoms with Gasteiger partial charge in [-0.3, -0.25) is 14.9 Å². The number of hydrogen-bond donors (Lipinski definition) is 0. The molecule has 0 unspecified atom stereocenters. The monoisotopic (exact) mass is 343 g/mol. The minimum atomic E-state index is -0.991. The van der Waals surface area contributed by atoms with Gasteiger partial charge < -0.3 is 14.1 Å². The molecule has 128 valence electrons. The molecule has 1 aromatic heterocycles.